The fourth-order valence-electron chi connectivity index (χ4n) is 0.925. The van der Waals surface area contributed by atoms with Crippen molar-refractivity contribution in [1.82, 2.24) is 0 Å². The van der Waals surface area contributed by atoms with Crippen LogP contribution < -0.4 is 0 Å². The summed E-state index contributed by atoms with van der Waals surface area (Å²) in [6.07, 6.45) is 0. The monoisotopic (exact) mass is 282 g/mol. The molecular weight excluding hydrogens is 276 g/mol. The van der Waals surface area contributed by atoms with Gasteiger partial charge in [0.1, 0.15) is 0 Å². The van der Waals surface area contributed by atoms with Crippen LogP contribution in [0.1, 0.15) is 11.1 Å². The van der Waals surface area contributed by atoms with Crippen molar-refractivity contribution in [2.45, 2.75) is 12.7 Å². The first-order valence-corrected chi connectivity index (χ1v) is 6.83. The summed E-state index contributed by atoms with van der Waals surface area (Å²) in [6.45, 7) is 1.93. The molecule has 0 heterocycles. The molecule has 0 saturated carbocycles. The molecule has 0 fully saturated rings. The lowest BCUT2D eigenvalue weighted by Gasteiger charge is -2.01. The quantitative estimate of drug-likeness (QED) is 0.782. The number of hydrogen-bond acceptors (Lipinski definition) is 2. The zero-order valence-electron chi connectivity index (χ0n) is 6.92. The average molecular weight is 284 g/mol. The molecule has 0 aromatic heterocycles. The Morgan fingerprint density at radius 2 is 2.08 bits per heavy atom. The predicted octanol–water partition coefficient (Wildman–Crippen LogP) is 2.83. The van der Waals surface area contributed by atoms with Crippen molar-refractivity contribution < 1.29 is 8.42 Å². The minimum Gasteiger partial charge on any atom is -0.212 e. The van der Waals surface area contributed by atoms with Crippen molar-refractivity contribution in [3.63, 3.8) is 0 Å². The summed E-state index contributed by atoms with van der Waals surface area (Å²) in [4.78, 5) is 0. The van der Waals surface area contributed by atoms with Gasteiger partial charge in [0.2, 0.25) is 9.05 Å². The fraction of sp³-hybridized carbons (Fsp3) is 0.250. The first-order chi connectivity index (χ1) is 5.88. The first-order valence-electron chi connectivity index (χ1n) is 3.56. The van der Waals surface area contributed by atoms with Crippen molar-refractivity contribution in [2.24, 2.45) is 0 Å². The van der Waals surface area contributed by atoms with Gasteiger partial charge < -0.3 is 0 Å². The van der Waals surface area contributed by atoms with Crippen molar-refractivity contribution in [1.29, 1.82) is 0 Å². The highest BCUT2D eigenvalue weighted by Crippen LogP contribution is 2.19. The van der Waals surface area contributed by atoms with E-state index in [1.54, 1.807) is 12.1 Å². The minimum atomic E-state index is -3.46. The second-order valence-electron chi connectivity index (χ2n) is 2.77. The molecular formula is C8H8BrClO2S. The molecule has 5 heteroatoms. The zero-order chi connectivity index (χ0) is 10.1. The van der Waals surface area contributed by atoms with E-state index in [1.165, 1.54) is 0 Å². The van der Waals surface area contributed by atoms with Gasteiger partial charge in [0.15, 0.2) is 0 Å². The fourth-order valence-corrected chi connectivity index (χ4v) is 2.31. The van der Waals surface area contributed by atoms with Crippen LogP contribution in [0.3, 0.4) is 0 Å². The maximum absolute atomic E-state index is 10.7. The van der Waals surface area contributed by atoms with Crippen LogP contribution in [-0.2, 0) is 14.8 Å². The number of rotatable bonds is 2. The third-order valence-corrected chi connectivity index (χ3v) is 3.44. The van der Waals surface area contributed by atoms with Crippen LogP contribution in [0.2, 0.25) is 0 Å². The van der Waals surface area contributed by atoms with Crippen LogP contribution in [-0.4, -0.2) is 8.42 Å². The lowest BCUT2D eigenvalue weighted by Crippen LogP contribution is -1.95. The van der Waals surface area contributed by atoms with Crippen LogP contribution in [0.15, 0.2) is 22.7 Å². The van der Waals surface area contributed by atoms with Gasteiger partial charge in [-0.25, -0.2) is 8.42 Å². The lowest BCUT2D eigenvalue weighted by molar-refractivity contribution is 0.609. The molecule has 2 nitrogen and oxygen atoms in total. The molecule has 1 rings (SSSR count). The first kappa shape index (κ1) is 11.0. The SMILES string of the molecule is Cc1ccc(CS(=O)(=O)Cl)cc1Br. The summed E-state index contributed by atoms with van der Waals surface area (Å²) in [6, 6.07) is 5.36. The number of aryl methyl sites for hydroxylation is 1. The molecule has 0 aliphatic heterocycles. The Morgan fingerprint density at radius 1 is 1.46 bits per heavy atom. The van der Waals surface area contributed by atoms with E-state index in [0.29, 0.717) is 5.56 Å². The molecule has 1 aromatic carbocycles. The smallest absolute Gasteiger partial charge is 0.212 e. The molecule has 0 N–H and O–H groups in total. The van der Waals surface area contributed by atoms with E-state index < -0.39 is 9.05 Å². The number of benzene rings is 1. The molecule has 0 amide bonds. The molecule has 1 aromatic rings. The Bertz CT molecular complexity index is 414. The summed E-state index contributed by atoms with van der Waals surface area (Å²) < 4.78 is 22.4. The highest BCUT2D eigenvalue weighted by atomic mass is 79.9. The van der Waals surface area contributed by atoms with Crippen LogP contribution in [0.5, 0.6) is 0 Å². The summed E-state index contributed by atoms with van der Waals surface area (Å²) in [7, 11) is 1.66. The normalized spacial score (nSPS) is 11.6. The zero-order valence-corrected chi connectivity index (χ0v) is 10.1. The molecule has 0 bridgehead atoms. The Hall–Kier alpha value is -0.0600. The molecule has 0 saturated heterocycles. The number of hydrogen-bond donors (Lipinski definition) is 0. The molecule has 72 valence electrons. The third kappa shape index (κ3) is 3.67. The maximum Gasteiger partial charge on any atom is 0.236 e. The Kier molecular flexibility index (Phi) is 3.38. The third-order valence-electron chi connectivity index (χ3n) is 1.58. The number of halogens is 2. The van der Waals surface area contributed by atoms with Crippen molar-refractivity contribution >= 4 is 35.7 Å². The Labute approximate surface area is 90.5 Å². The molecule has 0 aliphatic carbocycles. The van der Waals surface area contributed by atoms with Crippen LogP contribution >= 0.6 is 26.6 Å². The summed E-state index contributed by atoms with van der Waals surface area (Å²) >= 11 is 3.32. The van der Waals surface area contributed by atoms with Gasteiger partial charge in [-0.3, -0.25) is 0 Å². The van der Waals surface area contributed by atoms with Crippen LogP contribution in [0.4, 0.5) is 0 Å². The maximum atomic E-state index is 10.7. The largest absolute Gasteiger partial charge is 0.236 e. The second-order valence-corrected chi connectivity index (χ2v) is 6.40. The van der Waals surface area contributed by atoms with Gasteiger partial charge in [-0.2, -0.15) is 0 Å². The van der Waals surface area contributed by atoms with E-state index in [9.17, 15) is 8.42 Å². The van der Waals surface area contributed by atoms with E-state index in [4.69, 9.17) is 10.7 Å². The van der Waals surface area contributed by atoms with E-state index in [0.717, 1.165) is 10.0 Å². The molecule has 0 spiro atoms. The van der Waals surface area contributed by atoms with Gasteiger partial charge in [-0.05, 0) is 24.1 Å². The standard InChI is InChI=1S/C8H8BrClO2S/c1-6-2-3-7(4-8(6)9)5-13(10,11)12/h2-4H,5H2,1H3. The van der Waals surface area contributed by atoms with Gasteiger partial charge in [0, 0.05) is 15.2 Å². The highest BCUT2D eigenvalue weighted by molar-refractivity contribution is 9.10. The van der Waals surface area contributed by atoms with Gasteiger partial charge in [-0.1, -0.05) is 28.1 Å². The van der Waals surface area contributed by atoms with E-state index in [-0.39, 0.29) is 5.75 Å². The van der Waals surface area contributed by atoms with E-state index in [2.05, 4.69) is 15.9 Å². The molecule has 0 aliphatic rings. The highest BCUT2D eigenvalue weighted by Gasteiger charge is 2.07. The lowest BCUT2D eigenvalue weighted by atomic mass is 10.2. The summed E-state index contributed by atoms with van der Waals surface area (Å²) in [5.41, 5.74) is 1.75. The molecule has 0 unspecified atom stereocenters. The van der Waals surface area contributed by atoms with Gasteiger partial charge >= 0.3 is 0 Å². The van der Waals surface area contributed by atoms with Crippen molar-refractivity contribution in [2.75, 3.05) is 0 Å². The van der Waals surface area contributed by atoms with Crippen LogP contribution in [0, 0.1) is 6.92 Å². The second kappa shape index (κ2) is 3.98. The Morgan fingerprint density at radius 3 is 2.54 bits per heavy atom. The van der Waals surface area contributed by atoms with E-state index >= 15 is 0 Å². The topological polar surface area (TPSA) is 34.1 Å². The predicted molar refractivity (Wildman–Crippen MR) is 57.4 cm³/mol. The summed E-state index contributed by atoms with van der Waals surface area (Å²) in [5, 5.41) is 0. The summed E-state index contributed by atoms with van der Waals surface area (Å²) in [5.74, 6) is -0.132. The van der Waals surface area contributed by atoms with Gasteiger partial charge in [-0.15, -0.1) is 0 Å². The van der Waals surface area contributed by atoms with E-state index in [1.807, 2.05) is 13.0 Å². The minimum absolute atomic E-state index is 0.132. The van der Waals surface area contributed by atoms with Crippen molar-refractivity contribution in [3.8, 4) is 0 Å². The van der Waals surface area contributed by atoms with Crippen molar-refractivity contribution in [3.05, 3.63) is 33.8 Å². The van der Waals surface area contributed by atoms with Gasteiger partial charge in [0.05, 0.1) is 5.75 Å². The molecule has 0 radical (unpaired) electrons. The average Bonchev–Trinajstić information content (AvgIpc) is 1.94. The molecule has 0 atom stereocenters. The Balaban J connectivity index is 2.99. The van der Waals surface area contributed by atoms with Gasteiger partial charge in [0.25, 0.3) is 0 Å². The molecule has 13 heavy (non-hydrogen) atoms. The van der Waals surface area contributed by atoms with Crippen LogP contribution in [0.25, 0.3) is 0 Å².